The minimum absolute atomic E-state index is 0.139. The zero-order valence-electron chi connectivity index (χ0n) is 12.1. The van der Waals surface area contributed by atoms with E-state index in [1.54, 1.807) is 6.20 Å². The molecule has 0 saturated heterocycles. The summed E-state index contributed by atoms with van der Waals surface area (Å²) in [5.41, 5.74) is 6.24. The maximum atomic E-state index is 12.2. The first-order chi connectivity index (χ1) is 9.06. The molecule has 106 valence electrons. The van der Waals surface area contributed by atoms with Crippen molar-refractivity contribution >= 4 is 5.97 Å². The number of esters is 1. The van der Waals surface area contributed by atoms with E-state index in [1.807, 2.05) is 39.0 Å². The van der Waals surface area contributed by atoms with Crippen LogP contribution in [-0.4, -0.2) is 24.1 Å². The molecule has 19 heavy (non-hydrogen) atoms. The van der Waals surface area contributed by atoms with E-state index >= 15 is 0 Å². The molecular weight excluding hydrogens is 240 g/mol. The molecule has 1 aromatic heterocycles. The lowest BCUT2D eigenvalue weighted by atomic mass is 9.73. The van der Waals surface area contributed by atoms with Crippen molar-refractivity contribution in [1.82, 2.24) is 4.98 Å². The summed E-state index contributed by atoms with van der Waals surface area (Å²) in [6.07, 6.45) is 3.16. The van der Waals surface area contributed by atoms with Crippen molar-refractivity contribution in [2.45, 2.75) is 33.6 Å². The van der Waals surface area contributed by atoms with Gasteiger partial charge in [0.05, 0.1) is 12.0 Å². The molecule has 4 nitrogen and oxygen atoms in total. The lowest BCUT2D eigenvalue weighted by Crippen LogP contribution is -2.44. The highest BCUT2D eigenvalue weighted by molar-refractivity contribution is 5.77. The molecule has 0 spiro atoms. The molecule has 0 aliphatic carbocycles. The van der Waals surface area contributed by atoms with Crippen molar-refractivity contribution in [3.05, 3.63) is 30.1 Å². The second kappa shape index (κ2) is 7.24. The van der Waals surface area contributed by atoms with E-state index in [0.29, 0.717) is 19.6 Å². The Labute approximate surface area is 115 Å². The van der Waals surface area contributed by atoms with Crippen LogP contribution in [-0.2, 0) is 16.0 Å². The van der Waals surface area contributed by atoms with Gasteiger partial charge < -0.3 is 10.5 Å². The first kappa shape index (κ1) is 15.6. The summed E-state index contributed by atoms with van der Waals surface area (Å²) >= 11 is 0. The molecule has 2 N–H and O–H groups in total. The molecule has 1 rings (SSSR count). The van der Waals surface area contributed by atoms with E-state index < -0.39 is 5.41 Å². The fraction of sp³-hybridized carbons (Fsp3) is 0.600. The maximum absolute atomic E-state index is 12.2. The lowest BCUT2D eigenvalue weighted by Gasteiger charge is -2.33. The second-order valence-electron chi connectivity index (χ2n) is 5.06. The number of nitrogens with two attached hydrogens (primary N) is 1. The number of carbonyl (C=O) groups is 1. The van der Waals surface area contributed by atoms with Gasteiger partial charge in [-0.25, -0.2) is 0 Å². The number of pyridine rings is 1. The van der Waals surface area contributed by atoms with Crippen LogP contribution >= 0.6 is 0 Å². The number of carbonyl (C=O) groups excluding carboxylic acids is 1. The summed E-state index contributed by atoms with van der Waals surface area (Å²) in [5.74, 6) is -0.0521. The van der Waals surface area contributed by atoms with Crippen LogP contribution in [0.5, 0.6) is 0 Å². The van der Waals surface area contributed by atoms with Gasteiger partial charge in [0.25, 0.3) is 0 Å². The van der Waals surface area contributed by atoms with Crippen molar-refractivity contribution in [3.8, 4) is 0 Å². The fourth-order valence-electron chi connectivity index (χ4n) is 2.22. The topological polar surface area (TPSA) is 65.2 Å². The normalized spacial score (nSPS) is 14.2. The Morgan fingerprint density at radius 3 is 2.68 bits per heavy atom. The van der Waals surface area contributed by atoms with Crippen LogP contribution < -0.4 is 5.73 Å². The van der Waals surface area contributed by atoms with Crippen molar-refractivity contribution in [3.63, 3.8) is 0 Å². The van der Waals surface area contributed by atoms with E-state index in [1.165, 1.54) is 0 Å². The number of nitrogens with zero attached hydrogens (tertiary/aromatic N) is 1. The lowest BCUT2D eigenvalue weighted by molar-refractivity contribution is -0.158. The van der Waals surface area contributed by atoms with Gasteiger partial charge in [-0.2, -0.15) is 0 Å². The van der Waals surface area contributed by atoms with Crippen LogP contribution in [0.1, 0.15) is 32.9 Å². The highest BCUT2D eigenvalue weighted by atomic mass is 16.5. The number of aryl methyl sites for hydroxylation is 1. The summed E-state index contributed by atoms with van der Waals surface area (Å²) in [5, 5.41) is 0. The van der Waals surface area contributed by atoms with Crippen LogP contribution in [0.4, 0.5) is 0 Å². The quantitative estimate of drug-likeness (QED) is 0.767. The van der Waals surface area contributed by atoms with Crippen molar-refractivity contribution in [1.29, 1.82) is 0 Å². The average Bonchev–Trinajstić information content (AvgIpc) is 2.41. The largest absolute Gasteiger partial charge is 0.466 e. The van der Waals surface area contributed by atoms with Crippen molar-refractivity contribution < 1.29 is 9.53 Å². The van der Waals surface area contributed by atoms with Gasteiger partial charge in [0, 0.05) is 18.4 Å². The van der Waals surface area contributed by atoms with Gasteiger partial charge in [-0.1, -0.05) is 19.9 Å². The third-order valence-corrected chi connectivity index (χ3v) is 3.70. The number of hydrogen-bond acceptors (Lipinski definition) is 4. The predicted molar refractivity (Wildman–Crippen MR) is 75.5 cm³/mol. The molecule has 0 aliphatic heterocycles. The molecule has 1 aromatic rings. The molecule has 1 unspecified atom stereocenters. The highest BCUT2D eigenvalue weighted by Gasteiger charge is 2.41. The predicted octanol–water partition coefficient (Wildman–Crippen LogP) is 2.18. The summed E-state index contributed by atoms with van der Waals surface area (Å²) in [7, 11) is 0. The van der Waals surface area contributed by atoms with Gasteiger partial charge in [0.1, 0.15) is 0 Å². The molecule has 4 heteroatoms. The number of aromatic nitrogens is 1. The third kappa shape index (κ3) is 3.77. The maximum Gasteiger partial charge on any atom is 0.313 e. The van der Waals surface area contributed by atoms with Crippen molar-refractivity contribution in [2.75, 3.05) is 13.2 Å². The third-order valence-electron chi connectivity index (χ3n) is 3.70. The Bertz CT molecular complexity index is 392. The molecular formula is C15H24N2O2. The second-order valence-corrected chi connectivity index (χ2v) is 5.06. The Morgan fingerprint density at radius 2 is 2.21 bits per heavy atom. The molecule has 0 aliphatic rings. The van der Waals surface area contributed by atoms with Crippen LogP contribution in [0.3, 0.4) is 0 Å². The number of rotatable bonds is 7. The molecule has 0 saturated carbocycles. The van der Waals surface area contributed by atoms with E-state index in [-0.39, 0.29) is 11.9 Å². The zero-order chi connectivity index (χ0) is 14.3. The smallest absolute Gasteiger partial charge is 0.313 e. The van der Waals surface area contributed by atoms with E-state index in [0.717, 1.165) is 12.1 Å². The average molecular weight is 264 g/mol. The first-order valence-electron chi connectivity index (χ1n) is 6.84. The Kier molecular flexibility index (Phi) is 5.96. The van der Waals surface area contributed by atoms with Crippen LogP contribution in [0, 0.1) is 11.3 Å². The monoisotopic (exact) mass is 264 g/mol. The minimum atomic E-state index is -0.618. The highest BCUT2D eigenvalue weighted by Crippen LogP contribution is 2.33. The molecule has 1 heterocycles. The SMILES string of the molecule is CCOC(=O)C(CN)(CCc1ccccn1)C(C)C. The van der Waals surface area contributed by atoms with E-state index in [9.17, 15) is 4.79 Å². The van der Waals surface area contributed by atoms with Crippen LogP contribution in [0.15, 0.2) is 24.4 Å². The zero-order valence-corrected chi connectivity index (χ0v) is 12.1. The summed E-state index contributed by atoms with van der Waals surface area (Å²) < 4.78 is 5.21. The van der Waals surface area contributed by atoms with Gasteiger partial charge in [-0.05, 0) is 37.8 Å². The van der Waals surface area contributed by atoms with E-state index in [2.05, 4.69) is 4.98 Å². The molecule has 1 atom stereocenters. The standard InChI is InChI=1S/C15H24N2O2/c1-4-19-14(18)15(11-16,12(2)3)9-8-13-7-5-6-10-17-13/h5-7,10,12H,4,8-9,11,16H2,1-3H3. The van der Waals surface area contributed by atoms with Crippen molar-refractivity contribution in [2.24, 2.45) is 17.1 Å². The fourth-order valence-corrected chi connectivity index (χ4v) is 2.22. The number of hydrogen-bond donors (Lipinski definition) is 1. The van der Waals surface area contributed by atoms with Crippen LogP contribution in [0.25, 0.3) is 0 Å². The van der Waals surface area contributed by atoms with Crippen LogP contribution in [0.2, 0.25) is 0 Å². The summed E-state index contributed by atoms with van der Waals surface area (Å²) in [6, 6.07) is 5.80. The summed E-state index contributed by atoms with van der Waals surface area (Å²) in [4.78, 5) is 16.5. The molecule has 0 fully saturated rings. The summed E-state index contributed by atoms with van der Waals surface area (Å²) in [6.45, 7) is 6.54. The minimum Gasteiger partial charge on any atom is -0.466 e. The van der Waals surface area contributed by atoms with Gasteiger partial charge in [0.2, 0.25) is 0 Å². The number of ether oxygens (including phenoxy) is 1. The first-order valence-corrected chi connectivity index (χ1v) is 6.84. The molecule has 0 bridgehead atoms. The van der Waals surface area contributed by atoms with Gasteiger partial charge >= 0.3 is 5.97 Å². The van der Waals surface area contributed by atoms with Gasteiger partial charge in [-0.15, -0.1) is 0 Å². The Morgan fingerprint density at radius 1 is 1.47 bits per heavy atom. The Hall–Kier alpha value is -1.42. The van der Waals surface area contributed by atoms with Gasteiger partial charge in [-0.3, -0.25) is 9.78 Å². The van der Waals surface area contributed by atoms with E-state index in [4.69, 9.17) is 10.5 Å². The molecule has 0 aromatic carbocycles. The molecule has 0 radical (unpaired) electrons. The van der Waals surface area contributed by atoms with Gasteiger partial charge in [0.15, 0.2) is 0 Å². The Balaban J connectivity index is 2.82. The molecule has 0 amide bonds.